The van der Waals surface area contributed by atoms with Gasteiger partial charge in [-0.25, -0.2) is 0 Å². The van der Waals surface area contributed by atoms with Crippen molar-refractivity contribution in [2.75, 3.05) is 6.54 Å². The normalized spacial score (nSPS) is 43.9. The third-order valence-corrected chi connectivity index (χ3v) is 4.59. The third-order valence-electron chi connectivity index (χ3n) is 4.59. The second-order valence-electron chi connectivity index (χ2n) is 5.97. The van der Waals surface area contributed by atoms with Gasteiger partial charge in [-0.05, 0) is 51.0 Å². The van der Waals surface area contributed by atoms with Crippen LogP contribution in [0.15, 0.2) is 12.2 Å². The lowest BCUT2D eigenvalue weighted by atomic mass is 9.91. The highest BCUT2D eigenvalue weighted by atomic mass is 16.2. The highest BCUT2D eigenvalue weighted by molar-refractivity contribution is 5.80. The average Bonchev–Trinajstić information content (AvgIpc) is 2.90. The standard InChI is InChI=1S/C14H22N2O/c1-9-6-12(4-5-15-9)16-14(17)13-8-10-2-3-11(13)7-10/h2-3,9-13,15H,4-8H2,1H3,(H,16,17). The molecular formula is C14H22N2O. The van der Waals surface area contributed by atoms with Crippen LogP contribution in [0.4, 0.5) is 0 Å². The van der Waals surface area contributed by atoms with Crippen molar-refractivity contribution in [3.8, 4) is 0 Å². The van der Waals surface area contributed by atoms with E-state index in [0.717, 1.165) is 25.8 Å². The first-order chi connectivity index (χ1) is 8.22. The molecule has 0 radical (unpaired) electrons. The second-order valence-corrected chi connectivity index (χ2v) is 5.97. The van der Waals surface area contributed by atoms with Crippen molar-refractivity contribution >= 4 is 5.91 Å². The number of carbonyl (C=O) groups is 1. The molecule has 0 spiro atoms. The van der Waals surface area contributed by atoms with Crippen LogP contribution in [0, 0.1) is 17.8 Å². The molecule has 0 aromatic heterocycles. The molecule has 17 heavy (non-hydrogen) atoms. The van der Waals surface area contributed by atoms with E-state index in [1.165, 1.54) is 6.42 Å². The molecule has 1 amide bonds. The first kappa shape index (κ1) is 11.3. The minimum atomic E-state index is 0.259. The molecule has 5 atom stereocenters. The fourth-order valence-corrected chi connectivity index (χ4v) is 3.65. The lowest BCUT2D eigenvalue weighted by Gasteiger charge is -2.30. The van der Waals surface area contributed by atoms with Crippen LogP contribution in [0.2, 0.25) is 0 Å². The lowest BCUT2D eigenvalue weighted by Crippen LogP contribution is -2.48. The van der Waals surface area contributed by atoms with Gasteiger partial charge < -0.3 is 10.6 Å². The SMILES string of the molecule is CC1CC(NC(=O)C2CC3C=CC2C3)CCN1. The van der Waals surface area contributed by atoms with Gasteiger partial charge in [0.15, 0.2) is 0 Å². The lowest BCUT2D eigenvalue weighted by molar-refractivity contribution is -0.126. The van der Waals surface area contributed by atoms with Crippen LogP contribution in [0.1, 0.15) is 32.6 Å². The molecule has 3 rings (SSSR count). The number of fused-ring (bicyclic) bond motifs is 2. The van der Waals surface area contributed by atoms with E-state index >= 15 is 0 Å². The van der Waals surface area contributed by atoms with Crippen molar-refractivity contribution in [1.82, 2.24) is 10.6 Å². The zero-order chi connectivity index (χ0) is 11.8. The highest BCUT2D eigenvalue weighted by Crippen LogP contribution is 2.43. The van der Waals surface area contributed by atoms with E-state index < -0.39 is 0 Å². The molecule has 2 fully saturated rings. The molecule has 3 heteroatoms. The largest absolute Gasteiger partial charge is 0.353 e. The molecule has 1 aliphatic heterocycles. The number of nitrogens with one attached hydrogen (secondary N) is 2. The van der Waals surface area contributed by atoms with Gasteiger partial charge in [0.1, 0.15) is 0 Å². The molecule has 2 bridgehead atoms. The maximum atomic E-state index is 12.2. The van der Waals surface area contributed by atoms with Gasteiger partial charge in [-0.15, -0.1) is 0 Å². The topological polar surface area (TPSA) is 41.1 Å². The Balaban J connectivity index is 1.55. The fourth-order valence-electron chi connectivity index (χ4n) is 3.65. The monoisotopic (exact) mass is 234 g/mol. The van der Waals surface area contributed by atoms with Crippen molar-refractivity contribution in [2.45, 2.75) is 44.7 Å². The van der Waals surface area contributed by atoms with Crippen LogP contribution in [0.25, 0.3) is 0 Å². The van der Waals surface area contributed by atoms with E-state index in [1.807, 2.05) is 0 Å². The van der Waals surface area contributed by atoms with Gasteiger partial charge in [0.2, 0.25) is 5.91 Å². The van der Waals surface area contributed by atoms with Gasteiger partial charge in [0, 0.05) is 18.0 Å². The number of piperidine rings is 1. The van der Waals surface area contributed by atoms with Gasteiger partial charge in [-0.1, -0.05) is 12.2 Å². The number of amides is 1. The highest BCUT2D eigenvalue weighted by Gasteiger charge is 2.40. The van der Waals surface area contributed by atoms with Crippen LogP contribution < -0.4 is 10.6 Å². The molecule has 0 aromatic rings. The van der Waals surface area contributed by atoms with Crippen LogP contribution in [0.5, 0.6) is 0 Å². The second kappa shape index (κ2) is 4.45. The van der Waals surface area contributed by atoms with Gasteiger partial charge in [-0.2, -0.15) is 0 Å². The van der Waals surface area contributed by atoms with Crippen LogP contribution >= 0.6 is 0 Å². The Labute approximate surface area is 103 Å². The predicted octanol–water partition coefficient (Wildman–Crippen LogP) is 1.46. The Hall–Kier alpha value is -0.830. The molecule has 0 aromatic carbocycles. The Morgan fingerprint density at radius 2 is 2.18 bits per heavy atom. The minimum absolute atomic E-state index is 0.259. The Bertz CT molecular complexity index is 339. The summed E-state index contributed by atoms with van der Waals surface area (Å²) < 4.78 is 0. The number of rotatable bonds is 2. The summed E-state index contributed by atoms with van der Waals surface area (Å²) in [5, 5.41) is 6.68. The first-order valence-electron chi connectivity index (χ1n) is 6.94. The van der Waals surface area contributed by atoms with E-state index in [-0.39, 0.29) is 5.92 Å². The molecule has 3 nitrogen and oxygen atoms in total. The quantitative estimate of drug-likeness (QED) is 0.710. The van der Waals surface area contributed by atoms with E-state index in [1.54, 1.807) is 0 Å². The van der Waals surface area contributed by atoms with Gasteiger partial charge in [0.05, 0.1) is 0 Å². The van der Waals surface area contributed by atoms with Gasteiger partial charge in [0.25, 0.3) is 0 Å². The third kappa shape index (κ3) is 2.25. The molecule has 2 N–H and O–H groups in total. The summed E-state index contributed by atoms with van der Waals surface area (Å²) in [7, 11) is 0. The van der Waals surface area contributed by atoms with Crippen molar-refractivity contribution in [3.63, 3.8) is 0 Å². The average molecular weight is 234 g/mol. The molecule has 94 valence electrons. The molecule has 1 saturated carbocycles. The van der Waals surface area contributed by atoms with Crippen molar-refractivity contribution in [1.29, 1.82) is 0 Å². The van der Waals surface area contributed by atoms with E-state index in [2.05, 4.69) is 29.7 Å². The van der Waals surface area contributed by atoms with Crippen molar-refractivity contribution in [2.24, 2.45) is 17.8 Å². The van der Waals surface area contributed by atoms with Crippen molar-refractivity contribution in [3.05, 3.63) is 12.2 Å². The Morgan fingerprint density at radius 3 is 2.82 bits per heavy atom. The van der Waals surface area contributed by atoms with E-state index in [0.29, 0.717) is 29.8 Å². The summed E-state index contributed by atoms with van der Waals surface area (Å²) in [5.74, 6) is 1.78. The van der Waals surface area contributed by atoms with E-state index in [9.17, 15) is 4.79 Å². The van der Waals surface area contributed by atoms with Crippen LogP contribution in [-0.2, 0) is 4.79 Å². The summed E-state index contributed by atoms with van der Waals surface area (Å²) in [6.07, 6.45) is 8.98. The van der Waals surface area contributed by atoms with Crippen LogP contribution in [0.3, 0.4) is 0 Å². The summed E-state index contributed by atoms with van der Waals surface area (Å²) >= 11 is 0. The molecular weight excluding hydrogens is 212 g/mol. The van der Waals surface area contributed by atoms with E-state index in [4.69, 9.17) is 0 Å². The zero-order valence-corrected chi connectivity index (χ0v) is 10.5. The van der Waals surface area contributed by atoms with Crippen LogP contribution in [-0.4, -0.2) is 24.5 Å². The summed E-state index contributed by atoms with van der Waals surface area (Å²) in [5.41, 5.74) is 0. The molecule has 1 heterocycles. The maximum absolute atomic E-state index is 12.2. The summed E-state index contributed by atoms with van der Waals surface area (Å²) in [6.45, 7) is 3.22. The zero-order valence-electron chi connectivity index (χ0n) is 10.5. The molecule has 3 aliphatic rings. The summed E-state index contributed by atoms with van der Waals surface area (Å²) in [4.78, 5) is 12.2. The smallest absolute Gasteiger partial charge is 0.223 e. The number of carbonyl (C=O) groups excluding carboxylic acids is 1. The number of allylic oxidation sites excluding steroid dienone is 2. The minimum Gasteiger partial charge on any atom is -0.353 e. The Morgan fingerprint density at radius 1 is 1.29 bits per heavy atom. The maximum Gasteiger partial charge on any atom is 0.223 e. The van der Waals surface area contributed by atoms with Gasteiger partial charge >= 0.3 is 0 Å². The molecule has 1 saturated heterocycles. The number of hydrogen-bond acceptors (Lipinski definition) is 2. The number of hydrogen-bond donors (Lipinski definition) is 2. The Kier molecular flexibility index (Phi) is 2.95. The van der Waals surface area contributed by atoms with Gasteiger partial charge in [-0.3, -0.25) is 4.79 Å². The molecule has 5 unspecified atom stereocenters. The predicted molar refractivity (Wildman–Crippen MR) is 67.5 cm³/mol. The summed E-state index contributed by atoms with van der Waals surface area (Å²) in [6, 6.07) is 0.927. The fraction of sp³-hybridized carbons (Fsp3) is 0.786. The first-order valence-corrected chi connectivity index (χ1v) is 6.94. The van der Waals surface area contributed by atoms with Crippen molar-refractivity contribution < 1.29 is 4.79 Å². The molecule has 2 aliphatic carbocycles.